The fraction of sp³-hybridized carbons (Fsp3) is 0.200. The first kappa shape index (κ1) is 15.9. The van der Waals surface area contributed by atoms with Crippen LogP contribution in [0.5, 0.6) is 0 Å². The maximum absolute atomic E-state index is 14.2. The van der Waals surface area contributed by atoms with Crippen molar-refractivity contribution in [1.29, 1.82) is 0 Å². The highest BCUT2D eigenvalue weighted by Gasteiger charge is 2.27. The van der Waals surface area contributed by atoms with Gasteiger partial charge in [0.25, 0.3) is 0 Å². The van der Waals surface area contributed by atoms with E-state index < -0.39 is 0 Å². The van der Waals surface area contributed by atoms with Gasteiger partial charge in [-0.05, 0) is 50.1 Å². The number of pyridine rings is 3. The zero-order chi connectivity index (χ0) is 18.4. The lowest BCUT2D eigenvalue weighted by Crippen LogP contribution is -2.00. The first-order chi connectivity index (χ1) is 13.2. The first-order valence-electron chi connectivity index (χ1n) is 8.88. The molecule has 0 bridgehead atoms. The summed E-state index contributed by atoms with van der Waals surface area (Å²) in [5.74, 6) is -0.386. The Labute approximate surface area is 155 Å². The fourth-order valence-electron chi connectivity index (χ4n) is 3.19. The van der Waals surface area contributed by atoms with E-state index in [-0.39, 0.29) is 11.5 Å². The van der Waals surface area contributed by atoms with Crippen molar-refractivity contribution in [3.05, 3.63) is 60.4 Å². The molecule has 0 atom stereocenters. The monoisotopic (exact) mass is 360 g/mol. The second-order valence-electron chi connectivity index (χ2n) is 6.75. The summed E-state index contributed by atoms with van der Waals surface area (Å²) in [6, 6.07) is 9.09. The summed E-state index contributed by atoms with van der Waals surface area (Å²) in [7, 11) is 0. The standard InChI is InChI=1S/C20H17FN6/c1-12-2-5-15(21)19(25-12)17-10-13(6-8-22-17)26-16-7-9-23-18-11-24-27(20(16)18)14-3-4-14/h2,5-11,14H,3-4H2,1H3,(H,22,23,26). The van der Waals surface area contributed by atoms with Crippen molar-refractivity contribution in [1.82, 2.24) is 24.7 Å². The smallest absolute Gasteiger partial charge is 0.151 e. The number of nitrogens with one attached hydrogen (secondary N) is 1. The molecule has 7 heteroatoms. The number of rotatable bonds is 4. The van der Waals surface area contributed by atoms with E-state index in [1.807, 2.05) is 23.7 Å². The molecule has 1 N–H and O–H groups in total. The van der Waals surface area contributed by atoms with Gasteiger partial charge in [0.2, 0.25) is 0 Å². The molecule has 5 rings (SSSR count). The molecule has 1 saturated carbocycles. The Morgan fingerprint density at radius 1 is 1.11 bits per heavy atom. The number of hydrogen-bond acceptors (Lipinski definition) is 5. The highest BCUT2D eigenvalue weighted by molar-refractivity contribution is 5.90. The van der Waals surface area contributed by atoms with Gasteiger partial charge in [0.15, 0.2) is 5.82 Å². The molecule has 6 nitrogen and oxygen atoms in total. The Morgan fingerprint density at radius 2 is 1.96 bits per heavy atom. The molecule has 0 unspecified atom stereocenters. The molecule has 0 aromatic carbocycles. The quantitative estimate of drug-likeness (QED) is 0.584. The van der Waals surface area contributed by atoms with Gasteiger partial charge >= 0.3 is 0 Å². The molecular weight excluding hydrogens is 343 g/mol. The zero-order valence-electron chi connectivity index (χ0n) is 14.7. The maximum Gasteiger partial charge on any atom is 0.151 e. The Kier molecular flexibility index (Phi) is 3.60. The average Bonchev–Trinajstić information content (AvgIpc) is 3.43. The van der Waals surface area contributed by atoms with Gasteiger partial charge in [-0.2, -0.15) is 5.10 Å². The summed E-state index contributed by atoms with van der Waals surface area (Å²) >= 11 is 0. The van der Waals surface area contributed by atoms with Crippen molar-refractivity contribution >= 4 is 22.4 Å². The number of nitrogens with zero attached hydrogens (tertiary/aromatic N) is 5. The molecule has 27 heavy (non-hydrogen) atoms. The lowest BCUT2D eigenvalue weighted by atomic mass is 10.2. The van der Waals surface area contributed by atoms with Crippen molar-refractivity contribution < 1.29 is 4.39 Å². The third kappa shape index (κ3) is 2.91. The van der Waals surface area contributed by atoms with E-state index in [1.54, 1.807) is 30.7 Å². The van der Waals surface area contributed by atoms with Crippen LogP contribution in [-0.2, 0) is 0 Å². The molecule has 4 heterocycles. The van der Waals surface area contributed by atoms with Crippen LogP contribution in [0.2, 0.25) is 0 Å². The van der Waals surface area contributed by atoms with Crippen molar-refractivity contribution in [2.24, 2.45) is 0 Å². The molecule has 0 radical (unpaired) electrons. The number of hydrogen-bond donors (Lipinski definition) is 1. The maximum atomic E-state index is 14.2. The van der Waals surface area contributed by atoms with Gasteiger partial charge in [0.05, 0.1) is 23.6 Å². The predicted molar refractivity (Wildman–Crippen MR) is 101 cm³/mol. The van der Waals surface area contributed by atoms with E-state index in [9.17, 15) is 4.39 Å². The first-order valence-corrected chi connectivity index (χ1v) is 8.88. The summed E-state index contributed by atoms with van der Waals surface area (Å²) in [5, 5.41) is 7.90. The predicted octanol–water partition coefficient (Wildman–Crippen LogP) is 4.41. The molecule has 0 spiro atoms. The van der Waals surface area contributed by atoms with E-state index in [1.165, 1.54) is 6.07 Å². The van der Waals surface area contributed by atoms with Gasteiger partial charge in [-0.3, -0.25) is 14.6 Å². The summed E-state index contributed by atoms with van der Waals surface area (Å²) in [5.41, 5.74) is 5.04. The van der Waals surface area contributed by atoms with Crippen LogP contribution >= 0.6 is 0 Å². The fourth-order valence-corrected chi connectivity index (χ4v) is 3.19. The number of aryl methyl sites for hydroxylation is 1. The lowest BCUT2D eigenvalue weighted by Gasteiger charge is -2.11. The van der Waals surface area contributed by atoms with Crippen molar-refractivity contribution in [3.63, 3.8) is 0 Å². The third-order valence-corrected chi connectivity index (χ3v) is 4.65. The zero-order valence-corrected chi connectivity index (χ0v) is 14.7. The number of aromatic nitrogens is 5. The van der Waals surface area contributed by atoms with Crippen molar-refractivity contribution in [2.45, 2.75) is 25.8 Å². The lowest BCUT2D eigenvalue weighted by molar-refractivity contribution is 0.624. The molecule has 0 amide bonds. The van der Waals surface area contributed by atoms with Gasteiger partial charge in [-0.25, -0.2) is 9.37 Å². The molecule has 0 aliphatic heterocycles. The van der Waals surface area contributed by atoms with E-state index in [2.05, 4.69) is 25.4 Å². The van der Waals surface area contributed by atoms with E-state index in [0.717, 1.165) is 40.9 Å². The molecule has 4 aromatic heterocycles. The molecule has 4 aromatic rings. The largest absolute Gasteiger partial charge is 0.354 e. The Bertz CT molecular complexity index is 1150. The number of halogens is 1. The average molecular weight is 360 g/mol. The summed E-state index contributed by atoms with van der Waals surface area (Å²) < 4.78 is 16.2. The second kappa shape index (κ2) is 6.12. The normalized spacial score (nSPS) is 13.9. The van der Waals surface area contributed by atoms with Crippen molar-refractivity contribution in [2.75, 3.05) is 5.32 Å². The van der Waals surface area contributed by atoms with Crippen LogP contribution in [0.15, 0.2) is 48.9 Å². The summed E-state index contributed by atoms with van der Waals surface area (Å²) in [4.78, 5) is 13.0. The minimum atomic E-state index is -0.386. The van der Waals surface area contributed by atoms with Crippen LogP contribution in [-0.4, -0.2) is 24.7 Å². The van der Waals surface area contributed by atoms with Crippen LogP contribution in [0, 0.1) is 12.7 Å². The van der Waals surface area contributed by atoms with E-state index in [0.29, 0.717) is 11.7 Å². The number of fused-ring (bicyclic) bond motifs is 1. The summed E-state index contributed by atoms with van der Waals surface area (Å²) in [6.07, 6.45) is 7.49. The Balaban J connectivity index is 1.55. The minimum absolute atomic E-state index is 0.251. The van der Waals surface area contributed by atoms with E-state index >= 15 is 0 Å². The third-order valence-electron chi connectivity index (χ3n) is 4.65. The molecule has 1 fully saturated rings. The Morgan fingerprint density at radius 3 is 2.81 bits per heavy atom. The van der Waals surface area contributed by atoms with Gasteiger partial charge in [-0.1, -0.05) is 0 Å². The van der Waals surface area contributed by atoms with Crippen LogP contribution in [0.3, 0.4) is 0 Å². The minimum Gasteiger partial charge on any atom is -0.354 e. The Hall–Kier alpha value is -3.35. The van der Waals surface area contributed by atoms with Crippen LogP contribution < -0.4 is 5.32 Å². The highest BCUT2D eigenvalue weighted by Crippen LogP contribution is 2.38. The van der Waals surface area contributed by atoms with Gasteiger partial charge in [0, 0.05) is 23.8 Å². The van der Waals surface area contributed by atoms with Gasteiger partial charge < -0.3 is 5.32 Å². The van der Waals surface area contributed by atoms with Gasteiger partial charge in [-0.15, -0.1) is 0 Å². The molecule has 134 valence electrons. The molecule has 0 saturated heterocycles. The second-order valence-corrected chi connectivity index (χ2v) is 6.75. The topological polar surface area (TPSA) is 68.5 Å². The SMILES string of the molecule is Cc1ccc(F)c(-c2cc(Nc3ccnc4cnn(C5CC5)c34)ccn2)n1. The van der Waals surface area contributed by atoms with Gasteiger partial charge in [0.1, 0.15) is 16.7 Å². The summed E-state index contributed by atoms with van der Waals surface area (Å²) in [6.45, 7) is 1.83. The number of anilines is 2. The molecule has 1 aliphatic carbocycles. The van der Waals surface area contributed by atoms with Crippen LogP contribution in [0.1, 0.15) is 24.6 Å². The van der Waals surface area contributed by atoms with Crippen LogP contribution in [0.4, 0.5) is 15.8 Å². The van der Waals surface area contributed by atoms with Crippen LogP contribution in [0.25, 0.3) is 22.4 Å². The molecular formula is C20H17FN6. The van der Waals surface area contributed by atoms with E-state index in [4.69, 9.17) is 0 Å². The van der Waals surface area contributed by atoms with Crippen molar-refractivity contribution in [3.8, 4) is 11.4 Å². The molecule has 1 aliphatic rings. The highest BCUT2D eigenvalue weighted by atomic mass is 19.1.